The molecule has 0 aliphatic heterocycles. The van der Waals surface area contributed by atoms with Gasteiger partial charge in [0.05, 0.1) is 6.54 Å². The fourth-order valence-electron chi connectivity index (χ4n) is 2.31. The van der Waals surface area contributed by atoms with E-state index in [2.05, 4.69) is 23.6 Å². The van der Waals surface area contributed by atoms with E-state index in [9.17, 15) is 9.18 Å². The Morgan fingerprint density at radius 2 is 1.86 bits per heavy atom. The summed E-state index contributed by atoms with van der Waals surface area (Å²) in [4.78, 5) is 11.9. The second kappa shape index (κ2) is 7.59. The van der Waals surface area contributed by atoms with Gasteiger partial charge in [-0.15, -0.1) is 0 Å². The molecular weight excluding hydrogens is 279 g/mol. The summed E-state index contributed by atoms with van der Waals surface area (Å²) in [5.74, 6) is -0.363. The molecule has 0 spiro atoms. The van der Waals surface area contributed by atoms with Crippen LogP contribution in [0.1, 0.15) is 23.6 Å². The van der Waals surface area contributed by atoms with Gasteiger partial charge in [0, 0.05) is 12.2 Å². The number of anilines is 1. The van der Waals surface area contributed by atoms with Crippen LogP contribution >= 0.6 is 0 Å². The molecule has 2 N–H and O–H groups in total. The van der Waals surface area contributed by atoms with Gasteiger partial charge in [-0.25, -0.2) is 4.39 Å². The largest absolute Gasteiger partial charge is 0.376 e. The highest BCUT2D eigenvalue weighted by Crippen LogP contribution is 2.20. The van der Waals surface area contributed by atoms with Crippen LogP contribution in [0.3, 0.4) is 0 Å². The second-order valence-corrected chi connectivity index (χ2v) is 5.22. The van der Waals surface area contributed by atoms with Crippen LogP contribution in [-0.4, -0.2) is 12.5 Å². The Balaban J connectivity index is 1.87. The molecular formula is C18H21FN2O. The van der Waals surface area contributed by atoms with Gasteiger partial charge in [0.15, 0.2) is 0 Å². The number of benzene rings is 2. The lowest BCUT2D eigenvalue weighted by Crippen LogP contribution is -2.29. The van der Waals surface area contributed by atoms with Crippen molar-refractivity contribution in [1.82, 2.24) is 5.32 Å². The van der Waals surface area contributed by atoms with Gasteiger partial charge in [0.25, 0.3) is 0 Å². The summed E-state index contributed by atoms with van der Waals surface area (Å²) >= 11 is 0. The van der Waals surface area contributed by atoms with E-state index < -0.39 is 0 Å². The van der Waals surface area contributed by atoms with Gasteiger partial charge in [-0.1, -0.05) is 37.3 Å². The van der Waals surface area contributed by atoms with Crippen LogP contribution in [-0.2, 0) is 17.8 Å². The topological polar surface area (TPSA) is 41.1 Å². The Bertz CT molecular complexity index is 638. The normalized spacial score (nSPS) is 10.3. The van der Waals surface area contributed by atoms with Crippen LogP contribution in [0.5, 0.6) is 0 Å². The fraction of sp³-hybridized carbons (Fsp3) is 0.278. The third kappa shape index (κ3) is 4.32. The summed E-state index contributed by atoms with van der Waals surface area (Å²) in [6.07, 6.45) is 0.918. The van der Waals surface area contributed by atoms with Crippen LogP contribution in [0, 0.1) is 12.7 Å². The Hall–Kier alpha value is -2.36. The quantitative estimate of drug-likeness (QED) is 0.858. The average Bonchev–Trinajstić information content (AvgIpc) is 2.53. The molecule has 0 saturated carbocycles. The first-order valence-electron chi connectivity index (χ1n) is 7.43. The van der Waals surface area contributed by atoms with Crippen molar-refractivity contribution in [2.45, 2.75) is 26.8 Å². The van der Waals surface area contributed by atoms with Gasteiger partial charge in [-0.2, -0.15) is 0 Å². The third-order valence-electron chi connectivity index (χ3n) is 3.57. The number of carbonyl (C=O) groups excluding carboxylic acids is 1. The number of nitrogens with one attached hydrogen (secondary N) is 2. The summed E-state index contributed by atoms with van der Waals surface area (Å²) in [6, 6.07) is 12.2. The molecule has 2 aromatic carbocycles. The number of carbonyl (C=O) groups is 1. The van der Waals surface area contributed by atoms with E-state index >= 15 is 0 Å². The molecule has 0 unspecified atom stereocenters. The van der Waals surface area contributed by atoms with Crippen LogP contribution in [0.2, 0.25) is 0 Å². The van der Waals surface area contributed by atoms with Crippen LogP contribution < -0.4 is 10.6 Å². The van der Waals surface area contributed by atoms with Gasteiger partial charge >= 0.3 is 0 Å². The summed E-state index contributed by atoms with van der Waals surface area (Å²) in [7, 11) is 0. The molecule has 0 heterocycles. The summed E-state index contributed by atoms with van der Waals surface area (Å²) in [5, 5.41) is 6.03. The summed E-state index contributed by atoms with van der Waals surface area (Å²) < 4.78 is 12.8. The second-order valence-electron chi connectivity index (χ2n) is 5.22. The van der Waals surface area contributed by atoms with Crippen molar-refractivity contribution >= 4 is 11.6 Å². The van der Waals surface area contributed by atoms with E-state index in [0.29, 0.717) is 6.54 Å². The molecule has 2 aromatic rings. The van der Waals surface area contributed by atoms with Gasteiger partial charge in [0.2, 0.25) is 5.91 Å². The van der Waals surface area contributed by atoms with Gasteiger partial charge in [-0.3, -0.25) is 4.79 Å². The SMILES string of the molecule is CCc1cccc(C)c1NCC(=O)NCc1ccc(F)cc1. The molecule has 0 atom stereocenters. The molecule has 0 saturated heterocycles. The van der Waals surface area contributed by atoms with Gasteiger partial charge in [-0.05, 0) is 42.2 Å². The van der Waals surface area contributed by atoms with E-state index in [4.69, 9.17) is 0 Å². The van der Waals surface area contributed by atoms with Crippen molar-refractivity contribution in [3.8, 4) is 0 Å². The highest BCUT2D eigenvalue weighted by molar-refractivity contribution is 5.81. The first-order chi connectivity index (χ1) is 10.6. The van der Waals surface area contributed by atoms with Crippen molar-refractivity contribution in [2.24, 2.45) is 0 Å². The van der Waals surface area contributed by atoms with Crippen molar-refractivity contribution in [2.75, 3.05) is 11.9 Å². The molecule has 4 heteroatoms. The molecule has 0 aliphatic carbocycles. The monoisotopic (exact) mass is 300 g/mol. The molecule has 0 aromatic heterocycles. The number of para-hydroxylation sites is 1. The number of aryl methyl sites for hydroxylation is 2. The lowest BCUT2D eigenvalue weighted by molar-refractivity contribution is -0.119. The molecule has 1 amide bonds. The van der Waals surface area contributed by atoms with Gasteiger partial charge < -0.3 is 10.6 Å². The van der Waals surface area contributed by atoms with Gasteiger partial charge in [0.1, 0.15) is 5.82 Å². The minimum atomic E-state index is -0.275. The lowest BCUT2D eigenvalue weighted by atomic mass is 10.1. The highest BCUT2D eigenvalue weighted by atomic mass is 19.1. The summed E-state index contributed by atoms with van der Waals surface area (Å²) in [5.41, 5.74) is 4.24. The van der Waals surface area contributed by atoms with Crippen molar-refractivity contribution in [3.05, 3.63) is 65.0 Å². The average molecular weight is 300 g/mol. The fourth-order valence-corrected chi connectivity index (χ4v) is 2.31. The van der Waals surface area contributed by atoms with Crippen molar-refractivity contribution in [3.63, 3.8) is 0 Å². The van der Waals surface area contributed by atoms with Crippen LogP contribution in [0.4, 0.5) is 10.1 Å². The van der Waals surface area contributed by atoms with E-state index in [1.54, 1.807) is 12.1 Å². The van der Waals surface area contributed by atoms with Crippen LogP contribution in [0.15, 0.2) is 42.5 Å². The molecule has 22 heavy (non-hydrogen) atoms. The molecule has 0 radical (unpaired) electrons. The maximum atomic E-state index is 12.8. The minimum absolute atomic E-state index is 0.0883. The van der Waals surface area contributed by atoms with E-state index in [0.717, 1.165) is 23.2 Å². The summed E-state index contributed by atoms with van der Waals surface area (Å²) in [6.45, 7) is 4.74. The molecule has 3 nitrogen and oxygen atoms in total. The Morgan fingerprint density at radius 3 is 2.55 bits per heavy atom. The molecule has 0 aliphatic rings. The first-order valence-corrected chi connectivity index (χ1v) is 7.43. The van der Waals surface area contributed by atoms with Crippen molar-refractivity contribution < 1.29 is 9.18 Å². The molecule has 116 valence electrons. The third-order valence-corrected chi connectivity index (χ3v) is 3.57. The predicted octanol–water partition coefficient (Wildman–Crippen LogP) is 3.42. The Kier molecular flexibility index (Phi) is 5.53. The molecule has 2 rings (SSSR count). The zero-order valence-electron chi connectivity index (χ0n) is 12.9. The van der Waals surface area contributed by atoms with E-state index in [1.807, 2.05) is 19.1 Å². The number of hydrogen-bond acceptors (Lipinski definition) is 2. The zero-order chi connectivity index (χ0) is 15.9. The zero-order valence-corrected chi connectivity index (χ0v) is 12.9. The predicted molar refractivity (Wildman–Crippen MR) is 87.3 cm³/mol. The molecule has 0 bridgehead atoms. The molecule has 0 fully saturated rings. The van der Waals surface area contributed by atoms with E-state index in [-0.39, 0.29) is 18.3 Å². The number of amides is 1. The maximum Gasteiger partial charge on any atom is 0.239 e. The standard InChI is InChI=1S/C18H21FN2O/c1-3-15-6-4-5-13(2)18(15)21-12-17(22)20-11-14-7-9-16(19)10-8-14/h4-10,21H,3,11-12H2,1-2H3,(H,20,22). The minimum Gasteiger partial charge on any atom is -0.376 e. The number of rotatable bonds is 6. The van der Waals surface area contributed by atoms with Crippen molar-refractivity contribution in [1.29, 1.82) is 0 Å². The Morgan fingerprint density at radius 1 is 1.14 bits per heavy atom. The first kappa shape index (κ1) is 16.0. The number of halogens is 1. The smallest absolute Gasteiger partial charge is 0.239 e. The lowest BCUT2D eigenvalue weighted by Gasteiger charge is -2.14. The van der Waals surface area contributed by atoms with Crippen LogP contribution in [0.25, 0.3) is 0 Å². The van der Waals surface area contributed by atoms with E-state index in [1.165, 1.54) is 17.7 Å². The highest BCUT2D eigenvalue weighted by Gasteiger charge is 2.06. The maximum absolute atomic E-state index is 12.8. The number of hydrogen-bond donors (Lipinski definition) is 2. The Labute approximate surface area is 130 Å².